The number of aromatic hydroxyl groups is 1. The fourth-order valence-electron chi connectivity index (χ4n) is 1.99. The molecule has 7 heteroatoms. The number of hydrogen-bond donors (Lipinski definition) is 3. The van der Waals surface area contributed by atoms with Gasteiger partial charge in [0.05, 0.1) is 14.2 Å². The Morgan fingerprint density at radius 1 is 1.08 bits per heavy atom. The van der Waals surface area contributed by atoms with Crippen LogP contribution in [0.5, 0.6) is 17.2 Å². The average Bonchev–Trinajstić information content (AvgIpc) is 2.61. The largest absolute Gasteiger partial charge is 0.508 e. The summed E-state index contributed by atoms with van der Waals surface area (Å²) < 4.78 is 10.4. The maximum atomic E-state index is 11.9. The maximum absolute atomic E-state index is 11.9. The maximum Gasteiger partial charge on any atom is 0.250 e. The first-order valence-electron chi connectivity index (χ1n) is 7.33. The smallest absolute Gasteiger partial charge is 0.250 e. The van der Waals surface area contributed by atoms with Crippen molar-refractivity contribution in [2.45, 2.75) is 0 Å². The number of ether oxygens (including phenoxy) is 2. The summed E-state index contributed by atoms with van der Waals surface area (Å²) in [5, 5.41) is 14.8. The Labute approximate surface area is 151 Å². The van der Waals surface area contributed by atoms with Gasteiger partial charge in [-0.15, -0.1) is 0 Å². The highest BCUT2D eigenvalue weighted by Gasteiger charge is 2.04. The number of carbonyl (C=O) groups is 1. The van der Waals surface area contributed by atoms with Gasteiger partial charge in [-0.05, 0) is 60.3 Å². The topological polar surface area (TPSA) is 79.8 Å². The van der Waals surface area contributed by atoms with Crippen molar-refractivity contribution in [2.75, 3.05) is 19.5 Å². The van der Waals surface area contributed by atoms with Gasteiger partial charge in [-0.3, -0.25) is 10.1 Å². The molecule has 0 aliphatic carbocycles. The number of benzene rings is 2. The van der Waals surface area contributed by atoms with E-state index < -0.39 is 0 Å². The zero-order valence-electron chi connectivity index (χ0n) is 13.8. The van der Waals surface area contributed by atoms with E-state index in [4.69, 9.17) is 21.7 Å². The average molecular weight is 358 g/mol. The summed E-state index contributed by atoms with van der Waals surface area (Å²) in [5.74, 6) is 0.974. The van der Waals surface area contributed by atoms with Gasteiger partial charge < -0.3 is 19.9 Å². The molecule has 0 radical (unpaired) electrons. The van der Waals surface area contributed by atoms with Gasteiger partial charge in [-0.1, -0.05) is 6.07 Å². The van der Waals surface area contributed by atoms with E-state index in [1.807, 2.05) is 0 Å². The summed E-state index contributed by atoms with van der Waals surface area (Å²) in [6, 6.07) is 11.6. The molecule has 3 N–H and O–H groups in total. The molecule has 1 amide bonds. The number of thiocarbonyl (C=S) groups is 1. The molecular weight excluding hydrogens is 340 g/mol. The molecule has 0 fully saturated rings. The van der Waals surface area contributed by atoms with Gasteiger partial charge in [0.2, 0.25) is 5.91 Å². The number of rotatable bonds is 5. The van der Waals surface area contributed by atoms with Crippen LogP contribution in [0.2, 0.25) is 0 Å². The van der Waals surface area contributed by atoms with Crippen molar-refractivity contribution in [3.63, 3.8) is 0 Å². The Balaban J connectivity index is 1.93. The number of anilines is 1. The van der Waals surface area contributed by atoms with Crippen LogP contribution in [0.25, 0.3) is 6.08 Å². The van der Waals surface area contributed by atoms with Gasteiger partial charge >= 0.3 is 0 Å². The van der Waals surface area contributed by atoms with Crippen LogP contribution in [-0.2, 0) is 4.79 Å². The monoisotopic (exact) mass is 358 g/mol. The zero-order valence-corrected chi connectivity index (χ0v) is 14.6. The van der Waals surface area contributed by atoms with Crippen molar-refractivity contribution in [3.05, 3.63) is 54.1 Å². The molecule has 0 atom stereocenters. The van der Waals surface area contributed by atoms with Crippen molar-refractivity contribution >= 4 is 35.0 Å². The molecule has 130 valence electrons. The minimum absolute atomic E-state index is 0.151. The summed E-state index contributed by atoms with van der Waals surface area (Å²) >= 11 is 5.07. The first-order chi connectivity index (χ1) is 12.0. The van der Waals surface area contributed by atoms with Crippen molar-refractivity contribution in [1.29, 1.82) is 0 Å². The molecule has 0 unspecified atom stereocenters. The van der Waals surface area contributed by atoms with Crippen LogP contribution in [0.1, 0.15) is 5.56 Å². The molecule has 0 bridgehead atoms. The first kappa shape index (κ1) is 18.3. The van der Waals surface area contributed by atoms with Gasteiger partial charge in [0.1, 0.15) is 5.75 Å². The Kier molecular flexibility index (Phi) is 6.36. The molecule has 0 saturated carbocycles. The van der Waals surface area contributed by atoms with Crippen molar-refractivity contribution in [1.82, 2.24) is 5.32 Å². The second kappa shape index (κ2) is 8.70. The molecule has 0 aliphatic heterocycles. The van der Waals surface area contributed by atoms with E-state index in [2.05, 4.69) is 10.6 Å². The second-order valence-electron chi connectivity index (χ2n) is 4.94. The van der Waals surface area contributed by atoms with Gasteiger partial charge in [0, 0.05) is 11.8 Å². The van der Waals surface area contributed by atoms with Crippen LogP contribution in [0.3, 0.4) is 0 Å². The van der Waals surface area contributed by atoms with E-state index in [9.17, 15) is 9.90 Å². The molecule has 6 nitrogen and oxygen atoms in total. The Morgan fingerprint density at radius 3 is 2.40 bits per heavy atom. The van der Waals surface area contributed by atoms with E-state index in [0.29, 0.717) is 17.2 Å². The van der Waals surface area contributed by atoms with Crippen LogP contribution in [0, 0.1) is 0 Å². The molecule has 0 spiro atoms. The van der Waals surface area contributed by atoms with Crippen LogP contribution in [0.15, 0.2) is 48.5 Å². The van der Waals surface area contributed by atoms with E-state index in [1.165, 1.54) is 18.2 Å². The Morgan fingerprint density at radius 2 is 1.76 bits per heavy atom. The molecule has 2 rings (SSSR count). The lowest BCUT2D eigenvalue weighted by Crippen LogP contribution is -2.32. The van der Waals surface area contributed by atoms with E-state index >= 15 is 0 Å². The highest BCUT2D eigenvalue weighted by Crippen LogP contribution is 2.27. The Hall–Kier alpha value is -3.06. The molecule has 2 aromatic carbocycles. The number of nitrogens with one attached hydrogen (secondary N) is 2. The van der Waals surface area contributed by atoms with Crippen LogP contribution < -0.4 is 20.1 Å². The quantitative estimate of drug-likeness (QED) is 0.433. The Bertz CT molecular complexity index is 788. The third-order valence-electron chi connectivity index (χ3n) is 3.20. The van der Waals surface area contributed by atoms with Crippen molar-refractivity contribution < 1.29 is 19.4 Å². The number of amides is 1. The molecular formula is C18H18N2O4S. The van der Waals surface area contributed by atoms with Gasteiger partial charge in [-0.2, -0.15) is 0 Å². The minimum Gasteiger partial charge on any atom is -0.508 e. The second-order valence-corrected chi connectivity index (χ2v) is 5.35. The predicted octanol–water partition coefficient (Wildman–Crippen LogP) is 2.94. The third-order valence-corrected chi connectivity index (χ3v) is 3.40. The first-order valence-corrected chi connectivity index (χ1v) is 7.73. The number of phenolic OH excluding ortho intramolecular Hbond substituents is 1. The summed E-state index contributed by atoms with van der Waals surface area (Å²) in [6.07, 6.45) is 3.01. The van der Waals surface area contributed by atoms with E-state index in [0.717, 1.165) is 5.56 Å². The van der Waals surface area contributed by atoms with Gasteiger partial charge in [0.15, 0.2) is 16.6 Å². The summed E-state index contributed by atoms with van der Waals surface area (Å²) in [4.78, 5) is 11.9. The highest BCUT2D eigenvalue weighted by molar-refractivity contribution is 7.80. The molecule has 0 aromatic heterocycles. The molecule has 0 saturated heterocycles. The number of methoxy groups -OCH3 is 2. The van der Waals surface area contributed by atoms with Gasteiger partial charge in [-0.25, -0.2) is 0 Å². The normalized spacial score (nSPS) is 10.3. The van der Waals surface area contributed by atoms with E-state index in [1.54, 1.807) is 50.6 Å². The number of hydrogen-bond acceptors (Lipinski definition) is 5. The lowest BCUT2D eigenvalue weighted by Gasteiger charge is -2.08. The number of phenols is 1. The molecule has 25 heavy (non-hydrogen) atoms. The fourth-order valence-corrected chi connectivity index (χ4v) is 2.21. The van der Waals surface area contributed by atoms with Crippen molar-refractivity contribution in [2.24, 2.45) is 0 Å². The predicted molar refractivity (Wildman–Crippen MR) is 101 cm³/mol. The van der Waals surface area contributed by atoms with Gasteiger partial charge in [0.25, 0.3) is 0 Å². The molecule has 2 aromatic rings. The minimum atomic E-state index is -0.369. The number of carbonyl (C=O) groups excluding carboxylic acids is 1. The third kappa shape index (κ3) is 5.50. The highest BCUT2D eigenvalue weighted by atomic mass is 32.1. The zero-order chi connectivity index (χ0) is 18.2. The van der Waals surface area contributed by atoms with E-state index in [-0.39, 0.29) is 16.8 Å². The molecule has 0 aliphatic rings. The summed E-state index contributed by atoms with van der Waals surface area (Å²) in [5.41, 5.74) is 1.44. The lowest BCUT2D eigenvalue weighted by atomic mass is 10.2. The molecule has 0 heterocycles. The summed E-state index contributed by atoms with van der Waals surface area (Å²) in [7, 11) is 3.11. The lowest BCUT2D eigenvalue weighted by molar-refractivity contribution is -0.115. The fraction of sp³-hybridized carbons (Fsp3) is 0.111. The standard InChI is InChI=1S/C18H18N2O4S/c1-23-15-9-3-12(11-16(15)24-2)4-10-17(22)20-18(25)19-13-5-7-14(21)8-6-13/h3-11,21H,1-2H3,(H2,19,20,22,25)/b10-4+. The van der Waals surface area contributed by atoms with Crippen molar-refractivity contribution in [3.8, 4) is 17.2 Å². The SMILES string of the molecule is COc1ccc(/C=C/C(=O)NC(=S)Nc2ccc(O)cc2)cc1OC. The van der Waals surface area contributed by atoms with Crippen LogP contribution >= 0.6 is 12.2 Å². The van der Waals surface area contributed by atoms with Crippen LogP contribution in [-0.4, -0.2) is 30.3 Å². The van der Waals surface area contributed by atoms with Crippen LogP contribution in [0.4, 0.5) is 5.69 Å². The summed E-state index contributed by atoms with van der Waals surface area (Å²) in [6.45, 7) is 0.